The van der Waals surface area contributed by atoms with Crippen molar-refractivity contribution in [2.24, 2.45) is 0 Å². The van der Waals surface area contributed by atoms with Gasteiger partial charge in [-0.25, -0.2) is 4.79 Å². The lowest BCUT2D eigenvalue weighted by Gasteiger charge is -2.13. The normalized spacial score (nSPS) is 11.5. The first-order valence-electron chi connectivity index (χ1n) is 6.23. The average molecular weight is 274 g/mol. The standard InChI is InChI=1S/C12H22N2O5/c1-9(16)13-7-5-3-4-6-11(17)14-10(8-15)12(18)19-2/h10,15H,3-8H2,1-2H3,(H,13,16)(H,14,17). The second-order valence-corrected chi connectivity index (χ2v) is 4.12. The molecule has 0 saturated heterocycles. The predicted molar refractivity (Wildman–Crippen MR) is 68.2 cm³/mol. The van der Waals surface area contributed by atoms with E-state index in [1.165, 1.54) is 14.0 Å². The van der Waals surface area contributed by atoms with Crippen LogP contribution in [0.5, 0.6) is 0 Å². The van der Waals surface area contributed by atoms with Crippen molar-refractivity contribution in [2.45, 2.75) is 38.6 Å². The van der Waals surface area contributed by atoms with E-state index in [1.807, 2.05) is 0 Å². The van der Waals surface area contributed by atoms with E-state index in [2.05, 4.69) is 15.4 Å². The lowest BCUT2D eigenvalue weighted by Crippen LogP contribution is -2.43. The summed E-state index contributed by atoms with van der Waals surface area (Å²) < 4.78 is 4.43. The molecule has 1 atom stereocenters. The summed E-state index contributed by atoms with van der Waals surface area (Å²) in [6, 6.07) is -1.00. The maximum absolute atomic E-state index is 11.5. The second-order valence-electron chi connectivity index (χ2n) is 4.12. The number of ether oxygens (including phenoxy) is 1. The van der Waals surface area contributed by atoms with Crippen molar-refractivity contribution in [1.29, 1.82) is 0 Å². The van der Waals surface area contributed by atoms with Gasteiger partial charge in [0.2, 0.25) is 11.8 Å². The molecule has 0 saturated carbocycles. The molecule has 7 nitrogen and oxygen atoms in total. The van der Waals surface area contributed by atoms with Crippen LogP contribution in [-0.4, -0.2) is 49.2 Å². The van der Waals surface area contributed by atoms with Crippen LogP contribution < -0.4 is 10.6 Å². The number of aliphatic hydroxyl groups is 1. The van der Waals surface area contributed by atoms with Crippen LogP contribution in [0.2, 0.25) is 0 Å². The van der Waals surface area contributed by atoms with Crippen LogP contribution in [0, 0.1) is 0 Å². The first-order chi connectivity index (χ1) is 9.01. The molecule has 2 amide bonds. The molecule has 0 bridgehead atoms. The smallest absolute Gasteiger partial charge is 0.330 e. The van der Waals surface area contributed by atoms with Gasteiger partial charge in [-0.3, -0.25) is 9.59 Å². The first kappa shape index (κ1) is 17.4. The van der Waals surface area contributed by atoms with Gasteiger partial charge < -0.3 is 20.5 Å². The van der Waals surface area contributed by atoms with Crippen molar-refractivity contribution in [3.05, 3.63) is 0 Å². The molecule has 0 rings (SSSR count). The van der Waals surface area contributed by atoms with Crippen LogP contribution in [-0.2, 0) is 19.1 Å². The molecule has 0 heterocycles. The van der Waals surface area contributed by atoms with Crippen molar-refractivity contribution in [2.75, 3.05) is 20.3 Å². The molecule has 1 unspecified atom stereocenters. The molecule has 0 spiro atoms. The number of esters is 1. The molecule has 7 heteroatoms. The SMILES string of the molecule is COC(=O)C(CO)NC(=O)CCCCCNC(C)=O. The number of hydrogen-bond acceptors (Lipinski definition) is 5. The topological polar surface area (TPSA) is 105 Å². The molecule has 0 aromatic rings. The summed E-state index contributed by atoms with van der Waals surface area (Å²) in [5.41, 5.74) is 0. The molecule has 0 radical (unpaired) electrons. The van der Waals surface area contributed by atoms with Gasteiger partial charge in [0.15, 0.2) is 6.04 Å². The summed E-state index contributed by atoms with van der Waals surface area (Å²) in [6.45, 7) is 1.56. The van der Waals surface area contributed by atoms with Crippen molar-refractivity contribution in [3.8, 4) is 0 Å². The van der Waals surface area contributed by atoms with Gasteiger partial charge in [-0.05, 0) is 12.8 Å². The largest absolute Gasteiger partial charge is 0.467 e. The molecule has 0 fully saturated rings. The van der Waals surface area contributed by atoms with Gasteiger partial charge in [-0.1, -0.05) is 6.42 Å². The molecular weight excluding hydrogens is 252 g/mol. The highest BCUT2D eigenvalue weighted by Crippen LogP contribution is 2.00. The molecule has 19 heavy (non-hydrogen) atoms. The van der Waals surface area contributed by atoms with E-state index in [-0.39, 0.29) is 18.2 Å². The molecule has 110 valence electrons. The highest BCUT2D eigenvalue weighted by atomic mass is 16.5. The predicted octanol–water partition coefficient (Wildman–Crippen LogP) is -0.667. The molecule has 0 aromatic heterocycles. The Morgan fingerprint density at radius 1 is 1.21 bits per heavy atom. The highest BCUT2D eigenvalue weighted by molar-refractivity contribution is 5.84. The number of aliphatic hydroxyl groups excluding tert-OH is 1. The van der Waals surface area contributed by atoms with Crippen LogP contribution in [0.3, 0.4) is 0 Å². The van der Waals surface area contributed by atoms with Gasteiger partial charge in [-0.2, -0.15) is 0 Å². The first-order valence-corrected chi connectivity index (χ1v) is 6.23. The second kappa shape index (κ2) is 10.3. The summed E-state index contributed by atoms with van der Waals surface area (Å²) in [5.74, 6) is -1.04. The number of carbonyl (C=O) groups excluding carboxylic acids is 3. The van der Waals surface area contributed by atoms with Gasteiger partial charge in [-0.15, -0.1) is 0 Å². The number of carbonyl (C=O) groups is 3. The minimum absolute atomic E-state index is 0.0680. The van der Waals surface area contributed by atoms with Crippen molar-refractivity contribution < 1.29 is 24.2 Å². The number of nitrogens with one attached hydrogen (secondary N) is 2. The van der Waals surface area contributed by atoms with Crippen LogP contribution in [0.1, 0.15) is 32.6 Å². The number of hydrogen-bond donors (Lipinski definition) is 3. The minimum Gasteiger partial charge on any atom is -0.467 e. The summed E-state index contributed by atoms with van der Waals surface area (Å²) in [5, 5.41) is 14.0. The van der Waals surface area contributed by atoms with Crippen molar-refractivity contribution in [1.82, 2.24) is 10.6 Å². The third-order valence-electron chi connectivity index (χ3n) is 2.46. The van der Waals surface area contributed by atoms with Crippen LogP contribution >= 0.6 is 0 Å². The Balaban J connectivity index is 3.68. The number of amides is 2. The third-order valence-corrected chi connectivity index (χ3v) is 2.46. The van der Waals surface area contributed by atoms with Gasteiger partial charge in [0.1, 0.15) is 0 Å². The highest BCUT2D eigenvalue weighted by Gasteiger charge is 2.19. The minimum atomic E-state index is -1.00. The van der Waals surface area contributed by atoms with Crippen LogP contribution in [0.25, 0.3) is 0 Å². The summed E-state index contributed by atoms with van der Waals surface area (Å²) >= 11 is 0. The zero-order chi connectivity index (χ0) is 14.7. The number of methoxy groups -OCH3 is 1. The molecule has 0 aliphatic carbocycles. The van der Waals surface area contributed by atoms with E-state index >= 15 is 0 Å². The summed E-state index contributed by atoms with van der Waals surface area (Å²) in [4.78, 5) is 33.2. The Morgan fingerprint density at radius 2 is 1.89 bits per heavy atom. The fourth-order valence-electron chi connectivity index (χ4n) is 1.44. The average Bonchev–Trinajstić information content (AvgIpc) is 2.38. The molecule has 0 aliphatic heterocycles. The van der Waals surface area contributed by atoms with Gasteiger partial charge in [0.25, 0.3) is 0 Å². The van der Waals surface area contributed by atoms with Gasteiger partial charge >= 0.3 is 5.97 Å². The Kier molecular flexibility index (Phi) is 9.42. The zero-order valence-electron chi connectivity index (χ0n) is 11.4. The van der Waals surface area contributed by atoms with E-state index in [9.17, 15) is 14.4 Å². The van der Waals surface area contributed by atoms with Crippen molar-refractivity contribution >= 4 is 17.8 Å². The molecule has 3 N–H and O–H groups in total. The Morgan fingerprint density at radius 3 is 2.42 bits per heavy atom. The van der Waals surface area contributed by atoms with E-state index in [1.54, 1.807) is 0 Å². The van der Waals surface area contributed by atoms with Crippen LogP contribution in [0.4, 0.5) is 0 Å². The maximum Gasteiger partial charge on any atom is 0.330 e. The summed E-state index contributed by atoms with van der Waals surface area (Å²) in [7, 11) is 1.19. The van der Waals surface area contributed by atoms with Crippen LogP contribution in [0.15, 0.2) is 0 Å². The fraction of sp³-hybridized carbons (Fsp3) is 0.750. The number of rotatable bonds is 9. The lowest BCUT2D eigenvalue weighted by molar-refractivity contribution is -0.146. The molecular formula is C12H22N2O5. The third kappa shape index (κ3) is 9.01. The quantitative estimate of drug-likeness (QED) is 0.382. The fourth-order valence-corrected chi connectivity index (χ4v) is 1.44. The Bertz CT molecular complexity index is 306. The van der Waals surface area contributed by atoms with E-state index < -0.39 is 18.6 Å². The van der Waals surface area contributed by atoms with Gasteiger partial charge in [0, 0.05) is 19.9 Å². The lowest BCUT2D eigenvalue weighted by atomic mass is 10.2. The van der Waals surface area contributed by atoms with E-state index in [4.69, 9.17) is 5.11 Å². The maximum atomic E-state index is 11.5. The Labute approximate surface area is 112 Å². The van der Waals surface area contributed by atoms with Crippen molar-refractivity contribution in [3.63, 3.8) is 0 Å². The monoisotopic (exact) mass is 274 g/mol. The molecule has 0 aliphatic rings. The molecule has 0 aromatic carbocycles. The van der Waals surface area contributed by atoms with Gasteiger partial charge in [0.05, 0.1) is 13.7 Å². The summed E-state index contributed by atoms with van der Waals surface area (Å²) in [6.07, 6.45) is 2.53. The zero-order valence-corrected chi connectivity index (χ0v) is 11.4. The Hall–Kier alpha value is -1.63. The van der Waals surface area contributed by atoms with E-state index in [0.717, 1.165) is 12.8 Å². The number of unbranched alkanes of at least 4 members (excludes halogenated alkanes) is 2. The van der Waals surface area contributed by atoms with E-state index in [0.29, 0.717) is 13.0 Å².